The molecule has 0 saturated heterocycles. The maximum absolute atomic E-state index is 6.20. The molecule has 0 bridgehead atoms. The first-order valence-electron chi connectivity index (χ1n) is 7.29. The Balaban J connectivity index is 2.11. The molecular formula is C18H18N2O. The molecule has 0 radical (unpaired) electrons. The van der Waals surface area contributed by atoms with Gasteiger partial charge in [-0.05, 0) is 44.5 Å². The Kier molecular flexibility index (Phi) is 2.43. The summed E-state index contributed by atoms with van der Waals surface area (Å²) in [6.45, 7) is 7.15. The van der Waals surface area contributed by atoms with Crippen LogP contribution in [0.25, 0.3) is 22.4 Å². The molecule has 0 spiro atoms. The minimum absolute atomic E-state index is 0.265. The summed E-state index contributed by atoms with van der Waals surface area (Å²) in [6.07, 6.45) is 0. The highest BCUT2D eigenvalue weighted by Gasteiger charge is 2.30. The van der Waals surface area contributed by atoms with E-state index in [1.807, 2.05) is 18.2 Å². The van der Waals surface area contributed by atoms with Crippen LogP contribution in [0.2, 0.25) is 0 Å². The van der Waals surface area contributed by atoms with Crippen LogP contribution in [0, 0.1) is 6.92 Å². The lowest BCUT2D eigenvalue weighted by Crippen LogP contribution is -2.32. The van der Waals surface area contributed by atoms with E-state index in [9.17, 15) is 0 Å². The normalized spacial score (nSPS) is 16.0. The van der Waals surface area contributed by atoms with Crippen molar-refractivity contribution in [3.63, 3.8) is 0 Å². The third-order valence-electron chi connectivity index (χ3n) is 4.03. The lowest BCUT2D eigenvalue weighted by molar-refractivity contribution is 0.0956. The highest BCUT2D eigenvalue weighted by Crippen LogP contribution is 2.38. The van der Waals surface area contributed by atoms with Crippen LogP contribution < -0.4 is 4.74 Å². The number of aryl methyl sites for hydroxylation is 1. The van der Waals surface area contributed by atoms with Gasteiger partial charge in [-0.1, -0.05) is 24.3 Å². The van der Waals surface area contributed by atoms with Crippen LogP contribution in [0.4, 0.5) is 0 Å². The fraction of sp³-hybridized carbons (Fsp3) is 0.278. The second kappa shape index (κ2) is 4.10. The number of ether oxygens (including phenoxy) is 1. The first-order chi connectivity index (χ1) is 10.1. The summed E-state index contributed by atoms with van der Waals surface area (Å²) in [5.74, 6) is 1.91. The topological polar surface area (TPSA) is 27.1 Å². The molecule has 0 amide bonds. The van der Waals surface area contributed by atoms with E-state index in [-0.39, 0.29) is 5.60 Å². The molecule has 0 unspecified atom stereocenters. The van der Waals surface area contributed by atoms with Gasteiger partial charge in [0.1, 0.15) is 17.2 Å². The van der Waals surface area contributed by atoms with E-state index >= 15 is 0 Å². The van der Waals surface area contributed by atoms with Gasteiger partial charge < -0.3 is 9.30 Å². The van der Waals surface area contributed by atoms with Gasteiger partial charge in [-0.2, -0.15) is 0 Å². The third-order valence-corrected chi connectivity index (χ3v) is 4.03. The maximum atomic E-state index is 6.20. The SMILES string of the molecule is Cc1cccc2c1nc1n2CC(C)(C)Oc2ccccc2-1. The van der Waals surface area contributed by atoms with Crippen LogP contribution in [0.3, 0.4) is 0 Å². The van der Waals surface area contributed by atoms with Crippen LogP contribution in [-0.4, -0.2) is 15.2 Å². The predicted octanol–water partition coefficient (Wildman–Crippen LogP) is 4.18. The Morgan fingerprint density at radius 2 is 1.90 bits per heavy atom. The molecule has 0 aliphatic carbocycles. The van der Waals surface area contributed by atoms with Crippen molar-refractivity contribution >= 4 is 11.0 Å². The van der Waals surface area contributed by atoms with Crippen LogP contribution in [0.1, 0.15) is 19.4 Å². The summed E-state index contributed by atoms with van der Waals surface area (Å²) < 4.78 is 8.49. The zero-order valence-corrected chi connectivity index (χ0v) is 12.6. The summed E-state index contributed by atoms with van der Waals surface area (Å²) in [4.78, 5) is 4.90. The Bertz CT molecular complexity index is 846. The van der Waals surface area contributed by atoms with Crippen molar-refractivity contribution in [2.75, 3.05) is 0 Å². The summed E-state index contributed by atoms with van der Waals surface area (Å²) in [7, 11) is 0. The van der Waals surface area contributed by atoms with Crippen LogP contribution in [-0.2, 0) is 6.54 Å². The number of hydrogen-bond donors (Lipinski definition) is 0. The number of hydrogen-bond acceptors (Lipinski definition) is 2. The number of nitrogens with zero attached hydrogens (tertiary/aromatic N) is 2. The van der Waals surface area contributed by atoms with Gasteiger partial charge in [0.25, 0.3) is 0 Å². The van der Waals surface area contributed by atoms with Gasteiger partial charge in [-0.15, -0.1) is 0 Å². The molecular weight excluding hydrogens is 260 g/mol. The smallest absolute Gasteiger partial charge is 0.145 e. The molecule has 1 aromatic heterocycles. The van der Waals surface area contributed by atoms with Crippen LogP contribution in [0.15, 0.2) is 42.5 Å². The molecule has 0 fully saturated rings. The molecule has 106 valence electrons. The number of benzene rings is 2. The average molecular weight is 278 g/mol. The summed E-state index contributed by atoms with van der Waals surface area (Å²) in [5, 5.41) is 0. The fourth-order valence-corrected chi connectivity index (χ4v) is 3.10. The highest BCUT2D eigenvalue weighted by molar-refractivity contribution is 5.84. The Labute approximate surface area is 124 Å². The third kappa shape index (κ3) is 1.84. The summed E-state index contributed by atoms with van der Waals surface area (Å²) in [6, 6.07) is 14.5. The number of aromatic nitrogens is 2. The van der Waals surface area contributed by atoms with Crippen LogP contribution in [0.5, 0.6) is 5.75 Å². The molecule has 0 saturated carbocycles. The zero-order valence-electron chi connectivity index (χ0n) is 12.6. The second-order valence-electron chi connectivity index (χ2n) is 6.32. The van der Waals surface area contributed by atoms with E-state index in [0.717, 1.165) is 29.2 Å². The maximum Gasteiger partial charge on any atom is 0.145 e. The summed E-state index contributed by atoms with van der Waals surface area (Å²) >= 11 is 0. The van der Waals surface area contributed by atoms with Crippen LogP contribution >= 0.6 is 0 Å². The fourth-order valence-electron chi connectivity index (χ4n) is 3.10. The van der Waals surface area contributed by atoms with Gasteiger partial charge in [0.2, 0.25) is 0 Å². The van der Waals surface area contributed by atoms with Gasteiger partial charge in [0.15, 0.2) is 0 Å². The largest absolute Gasteiger partial charge is 0.485 e. The van der Waals surface area contributed by atoms with Crippen molar-refractivity contribution in [2.24, 2.45) is 0 Å². The van der Waals surface area contributed by atoms with Gasteiger partial charge in [-0.3, -0.25) is 0 Å². The highest BCUT2D eigenvalue weighted by atomic mass is 16.5. The molecule has 1 aliphatic rings. The van der Waals surface area contributed by atoms with Crippen molar-refractivity contribution in [1.29, 1.82) is 0 Å². The van der Waals surface area contributed by atoms with Gasteiger partial charge in [0.05, 0.1) is 23.1 Å². The molecule has 2 aromatic carbocycles. The number of fused-ring (bicyclic) bond motifs is 5. The average Bonchev–Trinajstić information content (AvgIpc) is 2.73. The minimum Gasteiger partial charge on any atom is -0.485 e. The number of rotatable bonds is 0. The Morgan fingerprint density at radius 1 is 1.10 bits per heavy atom. The standard InChI is InChI=1S/C18H18N2O/c1-12-7-6-9-14-16(12)19-17-13-8-4-5-10-15(13)21-18(2,3)11-20(14)17/h4-10H,11H2,1-3H3. The molecule has 4 rings (SSSR count). The van der Waals surface area contributed by atoms with Gasteiger partial charge in [0, 0.05) is 0 Å². The molecule has 3 heteroatoms. The molecule has 2 heterocycles. The van der Waals surface area contributed by atoms with E-state index in [4.69, 9.17) is 9.72 Å². The summed E-state index contributed by atoms with van der Waals surface area (Å²) in [5.41, 5.74) is 4.28. The molecule has 21 heavy (non-hydrogen) atoms. The lowest BCUT2D eigenvalue weighted by atomic mass is 10.1. The predicted molar refractivity (Wildman–Crippen MR) is 84.6 cm³/mol. The monoisotopic (exact) mass is 278 g/mol. The quantitative estimate of drug-likeness (QED) is 0.616. The molecule has 1 aliphatic heterocycles. The number of para-hydroxylation sites is 2. The van der Waals surface area contributed by atoms with Crippen molar-refractivity contribution in [2.45, 2.75) is 32.9 Å². The molecule has 0 atom stereocenters. The van der Waals surface area contributed by atoms with E-state index in [2.05, 4.69) is 49.6 Å². The first kappa shape index (κ1) is 12.5. The van der Waals surface area contributed by atoms with Crippen molar-refractivity contribution in [1.82, 2.24) is 9.55 Å². The van der Waals surface area contributed by atoms with Crippen molar-refractivity contribution < 1.29 is 4.74 Å². The molecule has 3 aromatic rings. The van der Waals surface area contributed by atoms with Gasteiger partial charge >= 0.3 is 0 Å². The van der Waals surface area contributed by atoms with E-state index in [1.54, 1.807) is 0 Å². The van der Waals surface area contributed by atoms with Gasteiger partial charge in [-0.25, -0.2) is 4.98 Å². The Morgan fingerprint density at radius 3 is 2.76 bits per heavy atom. The lowest BCUT2D eigenvalue weighted by Gasteiger charge is -2.25. The van der Waals surface area contributed by atoms with Crippen molar-refractivity contribution in [3.05, 3.63) is 48.0 Å². The Hall–Kier alpha value is -2.29. The molecule has 3 nitrogen and oxygen atoms in total. The minimum atomic E-state index is -0.265. The second-order valence-corrected chi connectivity index (χ2v) is 6.32. The number of imidazole rings is 1. The van der Waals surface area contributed by atoms with E-state index in [1.165, 1.54) is 11.1 Å². The zero-order chi connectivity index (χ0) is 14.6. The molecule has 0 N–H and O–H groups in total. The van der Waals surface area contributed by atoms with E-state index in [0.29, 0.717) is 0 Å². The first-order valence-corrected chi connectivity index (χ1v) is 7.29. The van der Waals surface area contributed by atoms with E-state index < -0.39 is 0 Å². The van der Waals surface area contributed by atoms with Crippen molar-refractivity contribution in [3.8, 4) is 17.1 Å².